The van der Waals surface area contributed by atoms with Gasteiger partial charge in [0.15, 0.2) is 11.5 Å². The maximum Gasteiger partial charge on any atom is 0.340 e. The SMILES string of the molecule is COC(=O)c1cc2c(cc1NC(=O)c1nc(-c3ccncc3)no1)OCO2. The summed E-state index contributed by atoms with van der Waals surface area (Å²) in [6.45, 7) is 0.0201. The number of benzene rings is 1. The van der Waals surface area contributed by atoms with Gasteiger partial charge in [-0.1, -0.05) is 5.16 Å². The number of methoxy groups -OCH3 is 1. The average Bonchev–Trinajstić information content (AvgIpc) is 3.36. The summed E-state index contributed by atoms with van der Waals surface area (Å²) in [5, 5.41) is 6.32. The molecule has 0 atom stereocenters. The quantitative estimate of drug-likeness (QED) is 0.687. The molecule has 0 fully saturated rings. The molecule has 1 aliphatic heterocycles. The molecule has 2 aromatic heterocycles. The molecule has 0 unspecified atom stereocenters. The zero-order valence-electron chi connectivity index (χ0n) is 14.0. The lowest BCUT2D eigenvalue weighted by Crippen LogP contribution is -2.16. The summed E-state index contributed by atoms with van der Waals surface area (Å²) in [7, 11) is 1.23. The molecular formula is C17H12N4O6. The molecule has 0 saturated heterocycles. The van der Waals surface area contributed by atoms with Gasteiger partial charge in [-0.2, -0.15) is 4.98 Å². The number of carbonyl (C=O) groups excluding carboxylic acids is 2. The van der Waals surface area contributed by atoms with Gasteiger partial charge >= 0.3 is 17.8 Å². The zero-order valence-corrected chi connectivity index (χ0v) is 14.0. The number of esters is 1. The number of nitrogens with one attached hydrogen (secondary N) is 1. The Morgan fingerprint density at radius 1 is 1.15 bits per heavy atom. The van der Waals surface area contributed by atoms with Crippen molar-refractivity contribution in [1.29, 1.82) is 0 Å². The second-order valence-electron chi connectivity index (χ2n) is 5.36. The van der Waals surface area contributed by atoms with Crippen molar-refractivity contribution in [3.05, 3.63) is 48.1 Å². The fraction of sp³-hybridized carbons (Fsp3) is 0.118. The van der Waals surface area contributed by atoms with E-state index in [1.165, 1.54) is 19.2 Å². The fourth-order valence-corrected chi connectivity index (χ4v) is 2.43. The summed E-state index contributed by atoms with van der Waals surface area (Å²) in [6.07, 6.45) is 3.14. The number of amides is 1. The van der Waals surface area contributed by atoms with Crippen LogP contribution >= 0.6 is 0 Å². The lowest BCUT2D eigenvalue weighted by atomic mass is 10.1. The lowest BCUT2D eigenvalue weighted by molar-refractivity contribution is 0.0601. The van der Waals surface area contributed by atoms with E-state index in [1.54, 1.807) is 24.5 Å². The number of aromatic nitrogens is 3. The third-order valence-corrected chi connectivity index (χ3v) is 3.73. The van der Waals surface area contributed by atoms with E-state index in [2.05, 4.69) is 20.4 Å². The van der Waals surface area contributed by atoms with Crippen LogP contribution < -0.4 is 14.8 Å². The Kier molecular flexibility index (Phi) is 4.13. The molecule has 4 rings (SSSR count). The molecule has 0 saturated carbocycles. The summed E-state index contributed by atoms with van der Waals surface area (Å²) in [4.78, 5) is 32.4. The minimum absolute atomic E-state index is 0.0201. The normalized spacial score (nSPS) is 11.9. The highest BCUT2D eigenvalue weighted by Crippen LogP contribution is 2.37. The van der Waals surface area contributed by atoms with Gasteiger partial charge in [0, 0.05) is 30.1 Å². The average molecular weight is 368 g/mol. The standard InChI is InChI=1S/C17H12N4O6/c1-24-17(23)10-6-12-13(26-8-25-12)7-11(10)19-15(22)16-20-14(21-27-16)9-2-4-18-5-3-9/h2-7H,8H2,1H3,(H,19,22). The largest absolute Gasteiger partial charge is 0.465 e. The van der Waals surface area contributed by atoms with E-state index in [1.807, 2.05) is 0 Å². The topological polar surface area (TPSA) is 126 Å². The molecule has 0 aliphatic carbocycles. The maximum atomic E-state index is 12.5. The van der Waals surface area contributed by atoms with Gasteiger partial charge in [-0.05, 0) is 12.1 Å². The molecule has 27 heavy (non-hydrogen) atoms. The Morgan fingerprint density at radius 2 is 1.89 bits per heavy atom. The Labute approximate surface area is 152 Å². The molecule has 1 aliphatic rings. The molecule has 1 aromatic carbocycles. The number of hydrogen-bond donors (Lipinski definition) is 1. The maximum absolute atomic E-state index is 12.5. The highest BCUT2D eigenvalue weighted by Gasteiger charge is 2.24. The van der Waals surface area contributed by atoms with Crippen LogP contribution in [-0.2, 0) is 4.74 Å². The van der Waals surface area contributed by atoms with Gasteiger partial charge in [0.2, 0.25) is 12.6 Å². The first-order valence-electron chi connectivity index (χ1n) is 7.73. The second-order valence-corrected chi connectivity index (χ2v) is 5.36. The monoisotopic (exact) mass is 368 g/mol. The molecule has 10 nitrogen and oxygen atoms in total. The molecule has 1 amide bonds. The Morgan fingerprint density at radius 3 is 2.63 bits per heavy atom. The number of pyridine rings is 1. The first kappa shape index (κ1) is 16.5. The number of hydrogen-bond acceptors (Lipinski definition) is 9. The molecule has 136 valence electrons. The second kappa shape index (κ2) is 6.75. The van der Waals surface area contributed by atoms with E-state index in [4.69, 9.17) is 18.7 Å². The van der Waals surface area contributed by atoms with Crippen molar-refractivity contribution in [2.24, 2.45) is 0 Å². The first-order valence-corrected chi connectivity index (χ1v) is 7.73. The van der Waals surface area contributed by atoms with Gasteiger partial charge in [-0.15, -0.1) is 0 Å². The minimum Gasteiger partial charge on any atom is -0.465 e. The number of fused-ring (bicyclic) bond motifs is 1. The zero-order chi connectivity index (χ0) is 18.8. The van der Waals surface area contributed by atoms with E-state index in [9.17, 15) is 9.59 Å². The van der Waals surface area contributed by atoms with E-state index < -0.39 is 11.9 Å². The molecule has 0 radical (unpaired) electrons. The van der Waals surface area contributed by atoms with Crippen molar-refractivity contribution in [3.8, 4) is 22.9 Å². The predicted octanol–water partition coefficient (Wildman–Crippen LogP) is 1.90. The van der Waals surface area contributed by atoms with Gasteiger partial charge < -0.3 is 24.1 Å². The molecular weight excluding hydrogens is 356 g/mol. The third kappa shape index (κ3) is 3.15. The lowest BCUT2D eigenvalue weighted by Gasteiger charge is -2.09. The highest BCUT2D eigenvalue weighted by molar-refractivity contribution is 6.06. The van der Waals surface area contributed by atoms with Crippen LogP contribution in [0.1, 0.15) is 21.0 Å². The summed E-state index contributed by atoms with van der Waals surface area (Å²) in [6, 6.07) is 6.26. The minimum atomic E-state index is -0.688. The third-order valence-electron chi connectivity index (χ3n) is 3.73. The Bertz CT molecular complexity index is 1020. The van der Waals surface area contributed by atoms with Crippen LogP contribution in [0, 0.1) is 0 Å². The first-order chi connectivity index (χ1) is 13.2. The molecule has 0 spiro atoms. The van der Waals surface area contributed by atoms with Gasteiger partial charge in [-0.3, -0.25) is 9.78 Å². The van der Waals surface area contributed by atoms with Crippen LogP contribution in [0.2, 0.25) is 0 Å². The van der Waals surface area contributed by atoms with E-state index in [0.29, 0.717) is 17.1 Å². The van der Waals surface area contributed by atoms with Crippen molar-refractivity contribution < 1.29 is 28.3 Å². The summed E-state index contributed by atoms with van der Waals surface area (Å²) in [5.74, 6) is -0.595. The molecule has 3 aromatic rings. The van der Waals surface area contributed by atoms with Gasteiger partial charge in [0.05, 0.1) is 18.4 Å². The predicted molar refractivity (Wildman–Crippen MR) is 89.4 cm³/mol. The van der Waals surface area contributed by atoms with Crippen molar-refractivity contribution >= 4 is 17.6 Å². The van der Waals surface area contributed by atoms with Gasteiger partial charge in [0.1, 0.15) is 0 Å². The van der Waals surface area contributed by atoms with Crippen molar-refractivity contribution in [1.82, 2.24) is 15.1 Å². The van der Waals surface area contributed by atoms with E-state index >= 15 is 0 Å². The smallest absolute Gasteiger partial charge is 0.340 e. The molecule has 1 N–H and O–H groups in total. The molecule has 10 heteroatoms. The van der Waals surface area contributed by atoms with Crippen LogP contribution in [0.15, 0.2) is 41.2 Å². The van der Waals surface area contributed by atoms with Crippen LogP contribution in [-0.4, -0.2) is 40.9 Å². The van der Waals surface area contributed by atoms with Crippen LogP contribution in [0.5, 0.6) is 11.5 Å². The Hall–Kier alpha value is -3.95. The van der Waals surface area contributed by atoms with Gasteiger partial charge in [0.25, 0.3) is 0 Å². The molecule has 0 bridgehead atoms. The highest BCUT2D eigenvalue weighted by atomic mass is 16.7. The van der Waals surface area contributed by atoms with Crippen molar-refractivity contribution in [2.45, 2.75) is 0 Å². The van der Waals surface area contributed by atoms with Crippen molar-refractivity contribution in [2.75, 3.05) is 19.2 Å². The van der Waals surface area contributed by atoms with E-state index in [-0.39, 0.29) is 29.8 Å². The summed E-state index contributed by atoms with van der Waals surface area (Å²) < 4.78 is 20.3. The number of ether oxygens (including phenoxy) is 3. The number of anilines is 1. The van der Waals surface area contributed by atoms with E-state index in [0.717, 1.165) is 0 Å². The van der Waals surface area contributed by atoms with Crippen molar-refractivity contribution in [3.63, 3.8) is 0 Å². The summed E-state index contributed by atoms with van der Waals surface area (Å²) >= 11 is 0. The van der Waals surface area contributed by atoms with Crippen LogP contribution in [0.4, 0.5) is 5.69 Å². The van der Waals surface area contributed by atoms with Crippen LogP contribution in [0.3, 0.4) is 0 Å². The molecule has 3 heterocycles. The summed E-state index contributed by atoms with van der Waals surface area (Å²) in [5.41, 5.74) is 0.912. The van der Waals surface area contributed by atoms with Gasteiger partial charge in [-0.25, -0.2) is 4.79 Å². The number of carbonyl (C=O) groups is 2. The number of rotatable bonds is 4. The fourth-order valence-electron chi connectivity index (χ4n) is 2.43. The number of nitrogens with zero attached hydrogens (tertiary/aromatic N) is 3. The Balaban J connectivity index is 1.62. The van der Waals surface area contributed by atoms with Crippen LogP contribution in [0.25, 0.3) is 11.4 Å².